The summed E-state index contributed by atoms with van der Waals surface area (Å²) in [5.41, 5.74) is -0.0503. The van der Waals surface area contributed by atoms with Crippen LogP contribution in [0.1, 0.15) is 46.0 Å². The summed E-state index contributed by atoms with van der Waals surface area (Å²) in [5.74, 6) is -0.960. The average molecular weight is 312 g/mol. The van der Waals surface area contributed by atoms with Gasteiger partial charge in [0.05, 0.1) is 12.0 Å². The summed E-state index contributed by atoms with van der Waals surface area (Å²) >= 11 is 0. The van der Waals surface area contributed by atoms with Gasteiger partial charge in [-0.15, -0.1) is 0 Å². The van der Waals surface area contributed by atoms with E-state index in [1.54, 1.807) is 7.11 Å². The first-order chi connectivity index (χ1) is 10.3. The Morgan fingerprint density at radius 1 is 1.18 bits per heavy atom. The summed E-state index contributed by atoms with van der Waals surface area (Å²) in [6.45, 7) is 5.64. The molecular formula is C16H28N2O4. The zero-order valence-corrected chi connectivity index (χ0v) is 13.8. The monoisotopic (exact) mass is 312 g/mol. The molecule has 1 saturated carbocycles. The Hall–Kier alpha value is -1.30. The van der Waals surface area contributed by atoms with Gasteiger partial charge in [-0.05, 0) is 32.1 Å². The van der Waals surface area contributed by atoms with Crippen molar-refractivity contribution in [2.45, 2.75) is 58.1 Å². The van der Waals surface area contributed by atoms with Crippen LogP contribution < -0.4 is 5.32 Å². The van der Waals surface area contributed by atoms with Gasteiger partial charge in [-0.1, -0.05) is 13.8 Å². The van der Waals surface area contributed by atoms with E-state index in [0.29, 0.717) is 25.9 Å². The number of carbonyl (C=O) groups excluding carboxylic acids is 1. The predicted molar refractivity (Wildman–Crippen MR) is 82.7 cm³/mol. The van der Waals surface area contributed by atoms with Crippen LogP contribution in [0.5, 0.6) is 0 Å². The van der Waals surface area contributed by atoms with Gasteiger partial charge in [-0.2, -0.15) is 0 Å². The van der Waals surface area contributed by atoms with Crippen LogP contribution in [0.4, 0.5) is 4.79 Å². The van der Waals surface area contributed by atoms with E-state index in [4.69, 9.17) is 9.84 Å². The molecular weight excluding hydrogens is 284 g/mol. The van der Waals surface area contributed by atoms with Crippen LogP contribution in [0.15, 0.2) is 0 Å². The smallest absolute Gasteiger partial charge is 0.317 e. The maximum atomic E-state index is 12.4. The second-order valence-corrected chi connectivity index (χ2v) is 7.26. The lowest BCUT2D eigenvalue weighted by Crippen LogP contribution is -2.55. The fraction of sp³-hybridized carbons (Fsp3) is 0.875. The summed E-state index contributed by atoms with van der Waals surface area (Å²) in [4.78, 5) is 25.2. The molecule has 0 aromatic carbocycles. The number of rotatable bonds is 3. The van der Waals surface area contributed by atoms with Crippen molar-refractivity contribution in [3.05, 3.63) is 0 Å². The summed E-state index contributed by atoms with van der Waals surface area (Å²) in [6.07, 6.45) is 3.83. The van der Waals surface area contributed by atoms with E-state index in [-0.39, 0.29) is 29.5 Å². The van der Waals surface area contributed by atoms with Crippen molar-refractivity contribution in [3.63, 3.8) is 0 Å². The van der Waals surface area contributed by atoms with E-state index in [2.05, 4.69) is 19.2 Å². The zero-order chi connectivity index (χ0) is 16.3. The highest BCUT2D eigenvalue weighted by Gasteiger charge is 2.38. The number of hydrogen-bond donors (Lipinski definition) is 2. The topological polar surface area (TPSA) is 78.9 Å². The molecule has 22 heavy (non-hydrogen) atoms. The molecule has 2 aliphatic rings. The van der Waals surface area contributed by atoms with Crippen LogP contribution in [0.25, 0.3) is 0 Å². The minimum Gasteiger partial charge on any atom is -0.481 e. The lowest BCUT2D eigenvalue weighted by Gasteiger charge is -2.43. The molecule has 1 aliphatic carbocycles. The number of carboxylic acid groups (broad SMARTS) is 1. The number of piperidine rings is 1. The first-order valence-corrected chi connectivity index (χ1v) is 8.14. The number of carbonyl (C=O) groups is 2. The molecule has 0 spiro atoms. The highest BCUT2D eigenvalue weighted by Crippen LogP contribution is 2.31. The standard InChI is InChI=1S/C16H28N2O4/c1-16(2)10-18(9-8-13(16)22-3)15(21)17-12-6-4-11(5-7-12)14(19)20/h11-13H,4-10H2,1-3H3,(H,17,21)(H,19,20). The Morgan fingerprint density at radius 2 is 1.82 bits per heavy atom. The third-order valence-electron chi connectivity index (χ3n) is 5.11. The first-order valence-electron chi connectivity index (χ1n) is 8.14. The highest BCUT2D eigenvalue weighted by atomic mass is 16.5. The number of amides is 2. The van der Waals surface area contributed by atoms with E-state index < -0.39 is 5.97 Å². The fourth-order valence-corrected chi connectivity index (χ4v) is 3.70. The Bertz CT molecular complexity index is 416. The Balaban J connectivity index is 1.82. The molecule has 1 heterocycles. The van der Waals surface area contributed by atoms with Crippen LogP contribution in [-0.4, -0.2) is 54.4 Å². The molecule has 0 radical (unpaired) electrons. The van der Waals surface area contributed by atoms with Crippen molar-refractivity contribution >= 4 is 12.0 Å². The van der Waals surface area contributed by atoms with Crippen molar-refractivity contribution in [2.24, 2.45) is 11.3 Å². The number of hydrogen-bond acceptors (Lipinski definition) is 3. The van der Waals surface area contributed by atoms with Crippen LogP contribution in [0.3, 0.4) is 0 Å². The molecule has 1 saturated heterocycles. The zero-order valence-electron chi connectivity index (χ0n) is 13.8. The largest absolute Gasteiger partial charge is 0.481 e. The van der Waals surface area contributed by atoms with Crippen molar-refractivity contribution in [3.8, 4) is 0 Å². The van der Waals surface area contributed by atoms with Gasteiger partial charge in [0.2, 0.25) is 0 Å². The van der Waals surface area contributed by atoms with Crippen LogP contribution in [0, 0.1) is 11.3 Å². The predicted octanol–water partition coefficient (Wildman–Crippen LogP) is 2.09. The minimum absolute atomic E-state index is 0.0265. The molecule has 2 amide bonds. The molecule has 126 valence electrons. The molecule has 2 N–H and O–H groups in total. The maximum absolute atomic E-state index is 12.4. The number of methoxy groups -OCH3 is 1. The number of carboxylic acids is 1. The summed E-state index contributed by atoms with van der Waals surface area (Å²) < 4.78 is 5.50. The number of nitrogens with one attached hydrogen (secondary N) is 1. The van der Waals surface area contributed by atoms with Gasteiger partial charge in [0, 0.05) is 31.7 Å². The van der Waals surface area contributed by atoms with Gasteiger partial charge in [0.1, 0.15) is 0 Å². The average Bonchev–Trinajstić information content (AvgIpc) is 2.46. The minimum atomic E-state index is -0.715. The molecule has 1 atom stereocenters. The van der Waals surface area contributed by atoms with Gasteiger partial charge in [0.15, 0.2) is 0 Å². The lowest BCUT2D eigenvalue weighted by molar-refractivity contribution is -0.142. The van der Waals surface area contributed by atoms with Crippen LogP contribution in [-0.2, 0) is 9.53 Å². The fourth-order valence-electron chi connectivity index (χ4n) is 3.70. The molecule has 6 nitrogen and oxygen atoms in total. The third-order valence-corrected chi connectivity index (χ3v) is 5.11. The number of nitrogens with zero attached hydrogens (tertiary/aromatic N) is 1. The summed E-state index contributed by atoms with van der Waals surface area (Å²) in [5, 5.41) is 12.1. The van der Waals surface area contributed by atoms with Crippen molar-refractivity contribution < 1.29 is 19.4 Å². The van der Waals surface area contributed by atoms with Gasteiger partial charge >= 0.3 is 12.0 Å². The second kappa shape index (κ2) is 6.86. The summed E-state index contributed by atoms with van der Waals surface area (Å²) in [6, 6.07) is 0.0766. The normalized spacial score (nSPS) is 31.6. The third kappa shape index (κ3) is 3.91. The molecule has 1 unspecified atom stereocenters. The van der Waals surface area contributed by atoms with E-state index >= 15 is 0 Å². The first kappa shape index (κ1) is 17.1. The molecule has 0 aromatic rings. The van der Waals surface area contributed by atoms with E-state index in [1.165, 1.54) is 0 Å². The lowest BCUT2D eigenvalue weighted by atomic mass is 9.81. The van der Waals surface area contributed by atoms with Crippen molar-refractivity contribution in [2.75, 3.05) is 20.2 Å². The van der Waals surface area contributed by atoms with E-state index in [9.17, 15) is 9.59 Å². The number of likely N-dealkylation sites (tertiary alicyclic amines) is 1. The Labute approximate surface area is 132 Å². The number of ether oxygens (including phenoxy) is 1. The molecule has 2 rings (SSSR count). The van der Waals surface area contributed by atoms with Crippen molar-refractivity contribution in [1.29, 1.82) is 0 Å². The molecule has 1 aliphatic heterocycles. The molecule has 0 bridgehead atoms. The highest BCUT2D eigenvalue weighted by molar-refractivity contribution is 5.75. The molecule has 2 fully saturated rings. The van der Waals surface area contributed by atoms with E-state index in [1.807, 2.05) is 4.90 Å². The Kier molecular flexibility index (Phi) is 5.32. The van der Waals surface area contributed by atoms with Gasteiger partial charge in [-0.3, -0.25) is 4.79 Å². The van der Waals surface area contributed by atoms with E-state index in [0.717, 1.165) is 19.3 Å². The summed E-state index contributed by atoms with van der Waals surface area (Å²) in [7, 11) is 1.73. The number of aliphatic carboxylic acids is 1. The van der Waals surface area contributed by atoms with Crippen molar-refractivity contribution in [1.82, 2.24) is 10.2 Å². The Morgan fingerprint density at radius 3 is 2.32 bits per heavy atom. The van der Waals surface area contributed by atoms with Crippen LogP contribution >= 0.6 is 0 Å². The van der Waals surface area contributed by atoms with Gasteiger partial charge in [0.25, 0.3) is 0 Å². The van der Waals surface area contributed by atoms with Crippen LogP contribution in [0.2, 0.25) is 0 Å². The van der Waals surface area contributed by atoms with Gasteiger partial charge in [-0.25, -0.2) is 4.79 Å². The molecule has 0 aromatic heterocycles. The van der Waals surface area contributed by atoms with Gasteiger partial charge < -0.3 is 20.1 Å². The second-order valence-electron chi connectivity index (χ2n) is 7.26. The molecule has 6 heteroatoms. The quantitative estimate of drug-likeness (QED) is 0.836. The SMILES string of the molecule is COC1CCN(C(=O)NC2CCC(C(=O)O)CC2)CC1(C)C. The maximum Gasteiger partial charge on any atom is 0.317 e. The number of urea groups is 1.